The number of rotatable bonds is 3. The van der Waals surface area contributed by atoms with Crippen LogP contribution in [0.5, 0.6) is 0 Å². The van der Waals surface area contributed by atoms with Gasteiger partial charge in [0.2, 0.25) is 0 Å². The van der Waals surface area contributed by atoms with E-state index in [9.17, 15) is 0 Å². The predicted octanol–water partition coefficient (Wildman–Crippen LogP) is 2.79. The molecule has 0 heterocycles. The van der Waals surface area contributed by atoms with Gasteiger partial charge in [-0.1, -0.05) is 0 Å². The van der Waals surface area contributed by atoms with Gasteiger partial charge in [0.15, 0.2) is 0 Å². The van der Waals surface area contributed by atoms with Crippen LogP contribution in [0.1, 0.15) is 13.8 Å². The van der Waals surface area contributed by atoms with Gasteiger partial charge in [-0.2, -0.15) is 0 Å². The highest BCUT2D eigenvalue weighted by atomic mass is 31.2. The van der Waals surface area contributed by atoms with Crippen LogP contribution in [0.4, 0.5) is 0 Å². The van der Waals surface area contributed by atoms with E-state index in [1.54, 1.807) is 0 Å². The Morgan fingerprint density at radius 3 is 2.20 bits per heavy atom. The molecule has 0 amide bonds. The van der Waals surface area contributed by atoms with E-state index < -0.39 is 7.26 Å². The summed E-state index contributed by atoms with van der Waals surface area (Å²) < 4.78 is 5.31. The highest BCUT2D eigenvalue weighted by molar-refractivity contribution is 7.76. The van der Waals surface area contributed by atoms with E-state index in [0.717, 1.165) is 12.4 Å². The first-order valence-electron chi connectivity index (χ1n) is 3.59. The third kappa shape index (κ3) is 6.10. The molecule has 0 aliphatic rings. The normalized spacial score (nSPS) is 13.5. The molecule has 0 aromatic carbocycles. The van der Waals surface area contributed by atoms with Crippen LogP contribution in [0.25, 0.3) is 0 Å². The van der Waals surface area contributed by atoms with Crippen molar-refractivity contribution in [3.8, 4) is 0 Å². The van der Waals surface area contributed by atoms with Crippen molar-refractivity contribution in [3.63, 3.8) is 0 Å². The van der Waals surface area contributed by atoms with E-state index in [2.05, 4.69) is 25.8 Å². The van der Waals surface area contributed by atoms with Crippen LogP contribution in [-0.2, 0) is 4.74 Å². The van der Waals surface area contributed by atoms with Crippen LogP contribution in [-0.4, -0.2) is 26.6 Å². The second-order valence-electron chi connectivity index (χ2n) is 3.29. The lowest BCUT2D eigenvalue weighted by atomic mass is 10.6. The molecule has 0 bridgehead atoms. The first kappa shape index (κ1) is 9.97. The first-order chi connectivity index (χ1) is 4.45. The Balaban J connectivity index is 3.90. The molecule has 0 saturated carbocycles. The van der Waals surface area contributed by atoms with E-state index >= 15 is 0 Å². The fourth-order valence-corrected chi connectivity index (χ4v) is 1.98. The highest BCUT2D eigenvalue weighted by Gasteiger charge is 2.13. The van der Waals surface area contributed by atoms with E-state index in [-0.39, 0.29) is 0 Å². The minimum absolute atomic E-state index is 0.780. The third-order valence-electron chi connectivity index (χ3n) is 0.941. The Morgan fingerprint density at radius 2 is 1.90 bits per heavy atom. The molecule has 0 unspecified atom stereocenters. The molecule has 60 valence electrons. The molecule has 0 aromatic rings. The summed E-state index contributed by atoms with van der Waals surface area (Å²) >= 11 is 0. The lowest BCUT2D eigenvalue weighted by Gasteiger charge is -2.07. The molecular formula is C8H18OP+. The molecule has 0 fully saturated rings. The second kappa shape index (κ2) is 3.98. The van der Waals surface area contributed by atoms with Gasteiger partial charge in [-0.25, -0.2) is 0 Å². The average Bonchev–Trinajstić information content (AvgIpc) is 1.59. The average molecular weight is 161 g/mol. The zero-order chi connectivity index (χ0) is 8.20. The molecule has 1 nitrogen and oxygen atoms in total. The summed E-state index contributed by atoms with van der Waals surface area (Å²) in [4.78, 5) is 0. The van der Waals surface area contributed by atoms with Crippen LogP contribution < -0.4 is 0 Å². The molecule has 0 radical (unpaired) electrons. The quantitative estimate of drug-likeness (QED) is 0.457. The molecule has 0 aromatic heterocycles. The standard InChI is InChI=1S/C8H18OP/c1-6-9-8(2)7-10(3,4)5/h7H,6H2,1-5H3/q+1/b8-7+. The van der Waals surface area contributed by atoms with E-state index in [1.165, 1.54) is 0 Å². The molecule has 0 aliphatic heterocycles. The SMILES string of the molecule is CCO/C(C)=C/[P+](C)(C)C. The smallest absolute Gasteiger partial charge is 0.127 e. The summed E-state index contributed by atoms with van der Waals surface area (Å²) in [6.45, 7) is 11.6. The van der Waals surface area contributed by atoms with Gasteiger partial charge < -0.3 is 4.74 Å². The molecule has 0 spiro atoms. The number of allylic oxidation sites excluding steroid dienone is 1. The Labute approximate surface area is 64.8 Å². The molecule has 0 saturated heterocycles. The van der Waals surface area contributed by atoms with Crippen molar-refractivity contribution in [2.24, 2.45) is 0 Å². The minimum atomic E-state index is -0.789. The van der Waals surface area contributed by atoms with E-state index in [1.807, 2.05) is 13.8 Å². The van der Waals surface area contributed by atoms with E-state index in [4.69, 9.17) is 4.74 Å². The Morgan fingerprint density at radius 1 is 1.40 bits per heavy atom. The number of hydrogen-bond acceptors (Lipinski definition) is 1. The lowest BCUT2D eigenvalue weighted by Crippen LogP contribution is -1.88. The molecule has 0 rings (SSSR count). The van der Waals surface area contributed by atoms with Gasteiger partial charge >= 0.3 is 0 Å². The van der Waals surface area contributed by atoms with Crippen molar-refractivity contribution >= 4 is 7.26 Å². The Bertz CT molecular complexity index is 122. The maximum Gasteiger partial charge on any atom is 0.127 e. The molecule has 10 heavy (non-hydrogen) atoms. The second-order valence-corrected chi connectivity index (χ2v) is 7.78. The first-order valence-corrected chi connectivity index (χ1v) is 6.79. The van der Waals surface area contributed by atoms with Crippen molar-refractivity contribution in [3.05, 3.63) is 11.6 Å². The van der Waals surface area contributed by atoms with Crippen molar-refractivity contribution in [2.45, 2.75) is 13.8 Å². The maximum atomic E-state index is 5.31. The Kier molecular flexibility index (Phi) is 3.96. The Hall–Kier alpha value is -0.0300. The number of hydrogen-bond donors (Lipinski definition) is 0. The van der Waals surface area contributed by atoms with Crippen LogP contribution in [0.2, 0.25) is 0 Å². The zero-order valence-corrected chi connectivity index (χ0v) is 8.53. The highest BCUT2D eigenvalue weighted by Crippen LogP contribution is 2.49. The monoisotopic (exact) mass is 161 g/mol. The van der Waals surface area contributed by atoms with Crippen LogP contribution >= 0.6 is 7.26 Å². The minimum Gasteiger partial charge on any atom is -0.495 e. The van der Waals surface area contributed by atoms with Crippen LogP contribution in [0.15, 0.2) is 11.6 Å². The van der Waals surface area contributed by atoms with Crippen molar-refractivity contribution in [1.82, 2.24) is 0 Å². The van der Waals surface area contributed by atoms with Gasteiger partial charge in [-0.05, 0) is 13.8 Å². The van der Waals surface area contributed by atoms with Gasteiger partial charge in [0, 0.05) is 7.26 Å². The summed E-state index contributed by atoms with van der Waals surface area (Å²) in [5.74, 6) is 3.32. The fourth-order valence-electron chi connectivity index (χ4n) is 0.810. The predicted molar refractivity (Wildman–Crippen MR) is 50.1 cm³/mol. The van der Waals surface area contributed by atoms with Crippen molar-refractivity contribution in [2.75, 3.05) is 26.6 Å². The maximum absolute atomic E-state index is 5.31. The summed E-state index contributed by atoms with van der Waals surface area (Å²) in [7, 11) is -0.789. The van der Waals surface area contributed by atoms with Gasteiger partial charge in [-0.3, -0.25) is 0 Å². The molecule has 2 heteroatoms. The van der Waals surface area contributed by atoms with Crippen LogP contribution in [0, 0.1) is 0 Å². The summed E-state index contributed by atoms with van der Waals surface area (Å²) in [5.41, 5.74) is 0. The molecular weight excluding hydrogens is 143 g/mol. The molecule has 0 atom stereocenters. The largest absolute Gasteiger partial charge is 0.495 e. The van der Waals surface area contributed by atoms with Gasteiger partial charge in [0.1, 0.15) is 5.76 Å². The third-order valence-corrected chi connectivity index (χ3v) is 2.08. The van der Waals surface area contributed by atoms with Crippen LogP contribution in [0.3, 0.4) is 0 Å². The van der Waals surface area contributed by atoms with Gasteiger partial charge in [0.05, 0.1) is 32.4 Å². The summed E-state index contributed by atoms with van der Waals surface area (Å²) in [5, 5.41) is 0. The lowest BCUT2D eigenvalue weighted by molar-refractivity contribution is 0.232. The van der Waals surface area contributed by atoms with Gasteiger partial charge in [-0.15, -0.1) is 0 Å². The van der Waals surface area contributed by atoms with E-state index in [0.29, 0.717) is 0 Å². The molecule has 0 N–H and O–H groups in total. The summed E-state index contributed by atoms with van der Waals surface area (Å²) in [6, 6.07) is 0. The van der Waals surface area contributed by atoms with Crippen molar-refractivity contribution in [1.29, 1.82) is 0 Å². The zero-order valence-electron chi connectivity index (χ0n) is 7.64. The van der Waals surface area contributed by atoms with Gasteiger partial charge in [0.25, 0.3) is 0 Å². The van der Waals surface area contributed by atoms with Crippen molar-refractivity contribution < 1.29 is 4.74 Å². The fraction of sp³-hybridized carbons (Fsp3) is 0.750. The summed E-state index contributed by atoms with van der Waals surface area (Å²) in [6.07, 6.45) is 0. The topological polar surface area (TPSA) is 9.23 Å². The number of ether oxygens (including phenoxy) is 1. The molecule has 0 aliphatic carbocycles.